The minimum Gasteiger partial charge on any atom is -0.545 e. The van der Waals surface area contributed by atoms with E-state index in [0.29, 0.717) is 16.8 Å². The fourth-order valence-corrected chi connectivity index (χ4v) is 3.14. The second kappa shape index (κ2) is 8.10. The summed E-state index contributed by atoms with van der Waals surface area (Å²) in [6, 6.07) is 21.1. The molecule has 0 saturated carbocycles. The van der Waals surface area contributed by atoms with Crippen molar-refractivity contribution in [2.24, 2.45) is 0 Å². The fraction of sp³-hybridized carbons (Fsp3) is 0. The molecule has 4 rings (SSSR count). The number of fused-ring (bicyclic) bond motifs is 1. The van der Waals surface area contributed by atoms with E-state index in [-0.39, 0.29) is 46.2 Å². The van der Waals surface area contributed by atoms with Crippen molar-refractivity contribution in [3.63, 3.8) is 0 Å². The van der Waals surface area contributed by atoms with Gasteiger partial charge in [-0.15, -0.1) is 0 Å². The number of hydrogen-bond donors (Lipinski definition) is 1. The van der Waals surface area contributed by atoms with Crippen LogP contribution in [-0.2, 0) is 0 Å². The van der Waals surface area contributed by atoms with Crippen LogP contribution in [0.25, 0.3) is 33.3 Å². The molecule has 0 amide bonds. The van der Waals surface area contributed by atoms with Gasteiger partial charge in [0.25, 0.3) is 0 Å². The number of aromatic carboxylic acids is 1. The molecule has 4 aromatic rings. The van der Waals surface area contributed by atoms with Crippen molar-refractivity contribution < 1.29 is 43.8 Å². The predicted molar refractivity (Wildman–Crippen MR) is 101 cm³/mol. The van der Waals surface area contributed by atoms with Gasteiger partial charge in [0, 0.05) is 16.5 Å². The van der Waals surface area contributed by atoms with Crippen LogP contribution in [0.5, 0.6) is 0 Å². The standard InChI is InChI=1S/C22H15FN2O2.Na/c23-16-10-11-18-17(12-16)19(22(26)27)20(24)21(25-18)15-8-6-14(7-9-15)13-4-2-1-3-5-13;/h1-12H,24H2,(H,26,27);/q;+1/p-1. The Labute approximate surface area is 183 Å². The molecule has 4 nitrogen and oxygen atoms in total. The van der Waals surface area contributed by atoms with Crippen molar-refractivity contribution in [3.05, 3.63) is 84.2 Å². The number of nitrogens with two attached hydrogens (primary N) is 1. The Bertz CT molecular complexity index is 1160. The summed E-state index contributed by atoms with van der Waals surface area (Å²) < 4.78 is 13.6. The van der Waals surface area contributed by atoms with Crippen molar-refractivity contribution in [3.8, 4) is 22.4 Å². The Morgan fingerprint density at radius 1 is 0.893 bits per heavy atom. The third-order valence-corrected chi connectivity index (χ3v) is 4.45. The summed E-state index contributed by atoms with van der Waals surface area (Å²) >= 11 is 0. The topological polar surface area (TPSA) is 79.0 Å². The molecule has 0 atom stereocenters. The van der Waals surface area contributed by atoms with E-state index in [2.05, 4.69) is 4.98 Å². The van der Waals surface area contributed by atoms with Gasteiger partial charge in [0.2, 0.25) is 0 Å². The van der Waals surface area contributed by atoms with Gasteiger partial charge in [0.15, 0.2) is 0 Å². The van der Waals surface area contributed by atoms with Crippen LogP contribution in [0, 0.1) is 5.82 Å². The summed E-state index contributed by atoms with van der Waals surface area (Å²) in [4.78, 5) is 16.1. The zero-order valence-electron chi connectivity index (χ0n) is 15.1. The van der Waals surface area contributed by atoms with Gasteiger partial charge in [-0.25, -0.2) is 9.37 Å². The van der Waals surface area contributed by atoms with Gasteiger partial charge in [-0.2, -0.15) is 0 Å². The molecule has 0 aliphatic rings. The van der Waals surface area contributed by atoms with Crippen LogP contribution in [0.15, 0.2) is 72.8 Å². The zero-order chi connectivity index (χ0) is 19.0. The van der Waals surface area contributed by atoms with Gasteiger partial charge in [-0.1, -0.05) is 54.6 Å². The molecule has 0 bridgehead atoms. The molecule has 0 radical (unpaired) electrons. The molecular formula is C22H14FN2NaO2. The predicted octanol–water partition coefficient (Wildman–Crippen LogP) is 0.658. The Hall–Kier alpha value is -2.73. The third kappa shape index (κ3) is 3.64. The first-order valence-electron chi connectivity index (χ1n) is 8.30. The number of carbonyl (C=O) groups is 1. The molecule has 0 spiro atoms. The van der Waals surface area contributed by atoms with Gasteiger partial charge in [0.05, 0.1) is 22.9 Å². The number of nitrogen functional groups attached to an aromatic ring is 1. The first kappa shape index (κ1) is 20.0. The average Bonchev–Trinajstić information content (AvgIpc) is 2.68. The molecule has 3 aromatic carbocycles. The van der Waals surface area contributed by atoms with Crippen molar-refractivity contribution in [2.75, 3.05) is 5.73 Å². The molecule has 28 heavy (non-hydrogen) atoms. The average molecular weight is 380 g/mol. The van der Waals surface area contributed by atoms with E-state index in [0.717, 1.165) is 17.2 Å². The Kier molecular flexibility index (Phi) is 5.79. The molecule has 0 aliphatic heterocycles. The van der Waals surface area contributed by atoms with Crippen LogP contribution < -0.4 is 40.4 Å². The van der Waals surface area contributed by atoms with E-state index in [4.69, 9.17) is 5.73 Å². The number of aromatic nitrogens is 1. The minimum atomic E-state index is -1.47. The molecule has 1 aromatic heterocycles. The van der Waals surface area contributed by atoms with Gasteiger partial charge in [-0.05, 0) is 29.3 Å². The first-order chi connectivity index (χ1) is 13.0. The summed E-state index contributed by atoms with van der Waals surface area (Å²) in [5.74, 6) is -2.03. The quantitative estimate of drug-likeness (QED) is 0.530. The van der Waals surface area contributed by atoms with Crippen molar-refractivity contribution in [2.45, 2.75) is 0 Å². The summed E-state index contributed by atoms with van der Waals surface area (Å²) in [6.07, 6.45) is 0. The second-order valence-electron chi connectivity index (χ2n) is 6.14. The molecule has 0 saturated heterocycles. The molecule has 0 fully saturated rings. The molecular weight excluding hydrogens is 366 g/mol. The van der Waals surface area contributed by atoms with Crippen molar-refractivity contribution in [1.82, 2.24) is 4.98 Å². The monoisotopic (exact) mass is 380 g/mol. The van der Waals surface area contributed by atoms with Gasteiger partial charge in [0.1, 0.15) is 5.82 Å². The van der Waals surface area contributed by atoms with Crippen LogP contribution in [0.1, 0.15) is 10.4 Å². The molecule has 132 valence electrons. The zero-order valence-corrected chi connectivity index (χ0v) is 17.1. The maximum atomic E-state index is 13.6. The smallest absolute Gasteiger partial charge is 0.545 e. The van der Waals surface area contributed by atoms with Gasteiger partial charge >= 0.3 is 29.6 Å². The molecule has 0 unspecified atom stereocenters. The molecule has 2 N–H and O–H groups in total. The van der Waals surface area contributed by atoms with Crippen LogP contribution in [-0.4, -0.2) is 11.0 Å². The summed E-state index contributed by atoms with van der Waals surface area (Å²) in [6.45, 7) is 0. The summed E-state index contributed by atoms with van der Waals surface area (Å²) in [7, 11) is 0. The third-order valence-electron chi connectivity index (χ3n) is 4.45. The SMILES string of the molecule is Nc1c(-c2ccc(-c3ccccc3)cc2)nc2ccc(F)cc2c1C(=O)[O-].[Na+]. The Morgan fingerprint density at radius 2 is 1.50 bits per heavy atom. The number of halogens is 1. The second-order valence-corrected chi connectivity index (χ2v) is 6.14. The van der Waals surface area contributed by atoms with Crippen molar-refractivity contribution >= 4 is 22.6 Å². The van der Waals surface area contributed by atoms with Crippen molar-refractivity contribution in [1.29, 1.82) is 0 Å². The summed E-state index contributed by atoms with van der Waals surface area (Å²) in [5, 5.41) is 11.8. The van der Waals surface area contributed by atoms with E-state index in [1.807, 2.05) is 54.6 Å². The maximum absolute atomic E-state index is 13.6. The number of nitrogens with zero attached hydrogens (tertiary/aromatic N) is 1. The van der Waals surface area contributed by atoms with E-state index < -0.39 is 11.8 Å². The number of carboxylic acids is 1. The van der Waals surface area contributed by atoms with E-state index in [1.54, 1.807) is 0 Å². The number of carboxylic acid groups (broad SMARTS) is 1. The number of benzene rings is 3. The maximum Gasteiger partial charge on any atom is 1.00 e. The van der Waals surface area contributed by atoms with Crippen LogP contribution >= 0.6 is 0 Å². The molecule has 0 aliphatic carbocycles. The number of anilines is 1. The van der Waals surface area contributed by atoms with Gasteiger partial charge in [-0.3, -0.25) is 0 Å². The number of hydrogen-bond acceptors (Lipinski definition) is 4. The first-order valence-corrected chi connectivity index (χ1v) is 8.30. The van der Waals surface area contributed by atoms with Crippen LogP contribution in [0.2, 0.25) is 0 Å². The largest absolute Gasteiger partial charge is 1.00 e. The Balaban J connectivity index is 0.00000225. The van der Waals surface area contributed by atoms with E-state index in [1.165, 1.54) is 12.1 Å². The van der Waals surface area contributed by atoms with E-state index >= 15 is 0 Å². The Morgan fingerprint density at radius 3 is 2.14 bits per heavy atom. The minimum absolute atomic E-state index is 0. The number of rotatable bonds is 3. The normalized spacial score (nSPS) is 10.5. The fourth-order valence-electron chi connectivity index (χ4n) is 3.14. The van der Waals surface area contributed by atoms with Crippen LogP contribution in [0.3, 0.4) is 0 Å². The molecule has 6 heteroatoms. The van der Waals surface area contributed by atoms with Crippen LogP contribution in [0.4, 0.5) is 10.1 Å². The number of carbonyl (C=O) groups excluding carboxylic acids is 1. The molecule has 1 heterocycles. The number of pyridine rings is 1. The van der Waals surface area contributed by atoms with E-state index in [9.17, 15) is 14.3 Å². The van der Waals surface area contributed by atoms with Gasteiger partial charge < -0.3 is 15.6 Å². The summed E-state index contributed by atoms with van der Waals surface area (Å²) in [5.41, 5.74) is 9.20.